The number of aromatic nitrogens is 1. The predicted molar refractivity (Wildman–Crippen MR) is 154 cm³/mol. The minimum Gasteiger partial charge on any atom is -0.366 e. The Kier molecular flexibility index (Phi) is 10.9. The van der Waals surface area contributed by atoms with Crippen LogP contribution >= 0.6 is 11.6 Å². The van der Waals surface area contributed by atoms with E-state index in [1.807, 2.05) is 56.6 Å². The molecular formula is C28H29ClN2O7S2. The number of halogens is 1. The van der Waals surface area contributed by atoms with Gasteiger partial charge in [0.15, 0.2) is 0 Å². The molecule has 0 bridgehead atoms. The highest BCUT2D eigenvalue weighted by atomic mass is 35.5. The maximum Gasteiger partial charge on any atom is 0.294 e. The van der Waals surface area contributed by atoms with Crippen molar-refractivity contribution in [3.05, 3.63) is 113 Å². The van der Waals surface area contributed by atoms with Gasteiger partial charge in [0, 0.05) is 17.8 Å². The highest BCUT2D eigenvalue weighted by molar-refractivity contribution is 7.86. The first-order valence-corrected chi connectivity index (χ1v) is 15.2. The van der Waals surface area contributed by atoms with Crippen LogP contribution in [0.3, 0.4) is 0 Å². The molecule has 1 atom stereocenters. The van der Waals surface area contributed by atoms with E-state index in [2.05, 4.69) is 9.88 Å². The molecule has 1 aromatic heterocycles. The summed E-state index contributed by atoms with van der Waals surface area (Å²) in [5.41, 5.74) is 3.25. The Morgan fingerprint density at radius 3 is 1.68 bits per heavy atom. The minimum absolute atomic E-state index is 0.159. The van der Waals surface area contributed by atoms with E-state index in [1.54, 1.807) is 6.20 Å². The Morgan fingerprint density at radius 1 is 0.775 bits per heavy atom. The first-order chi connectivity index (χ1) is 18.8. The van der Waals surface area contributed by atoms with Gasteiger partial charge in [-0.15, -0.1) is 0 Å². The molecule has 0 spiro atoms. The molecule has 0 aliphatic carbocycles. The summed E-state index contributed by atoms with van der Waals surface area (Å²) in [5, 5.41) is 0.724. The largest absolute Gasteiger partial charge is 0.366 e. The van der Waals surface area contributed by atoms with E-state index in [1.165, 1.54) is 48.5 Å². The third kappa shape index (κ3) is 9.49. The van der Waals surface area contributed by atoms with Gasteiger partial charge in [-0.1, -0.05) is 54.1 Å². The average molecular weight is 605 g/mol. The third-order valence-electron chi connectivity index (χ3n) is 5.59. The molecule has 0 saturated heterocycles. The fourth-order valence-electron chi connectivity index (χ4n) is 3.51. The molecule has 0 aliphatic rings. The van der Waals surface area contributed by atoms with Crippen molar-refractivity contribution in [2.45, 2.75) is 15.9 Å². The van der Waals surface area contributed by atoms with Crippen LogP contribution in [0.5, 0.6) is 0 Å². The number of nitrogens with zero attached hydrogens (tertiary/aromatic N) is 2. The first-order valence-electron chi connectivity index (χ1n) is 11.9. The molecule has 9 nitrogen and oxygen atoms in total. The van der Waals surface area contributed by atoms with Crippen molar-refractivity contribution in [1.29, 1.82) is 0 Å². The van der Waals surface area contributed by atoms with Crippen molar-refractivity contribution in [1.82, 2.24) is 9.88 Å². The molecule has 40 heavy (non-hydrogen) atoms. The molecule has 4 aromatic rings. The lowest BCUT2D eigenvalue weighted by Crippen LogP contribution is -2.20. The maximum atomic E-state index is 10.9. The van der Waals surface area contributed by atoms with Gasteiger partial charge in [-0.3, -0.25) is 14.1 Å². The average Bonchev–Trinajstić information content (AvgIpc) is 2.92. The summed E-state index contributed by atoms with van der Waals surface area (Å²) in [5.74, 6) is 0. The number of hydrogen-bond acceptors (Lipinski definition) is 7. The van der Waals surface area contributed by atoms with Crippen molar-refractivity contribution in [3.8, 4) is 11.1 Å². The van der Waals surface area contributed by atoms with Crippen LogP contribution < -0.4 is 0 Å². The molecule has 0 aliphatic heterocycles. The normalized spacial score (nSPS) is 12.4. The van der Waals surface area contributed by atoms with Gasteiger partial charge in [0.1, 0.15) is 6.10 Å². The monoisotopic (exact) mass is 604 g/mol. The third-order valence-corrected chi connectivity index (χ3v) is 7.58. The number of hydrogen-bond donors (Lipinski definition) is 2. The van der Waals surface area contributed by atoms with E-state index in [4.69, 9.17) is 25.4 Å². The highest BCUT2D eigenvalue weighted by Crippen LogP contribution is 2.26. The van der Waals surface area contributed by atoms with Crippen molar-refractivity contribution in [2.75, 3.05) is 27.2 Å². The second-order valence-electron chi connectivity index (χ2n) is 8.86. The van der Waals surface area contributed by atoms with Crippen LogP contribution in [0, 0.1) is 0 Å². The van der Waals surface area contributed by atoms with E-state index < -0.39 is 20.2 Å². The Hall–Kier alpha value is -3.16. The minimum atomic E-state index is -4.24. The molecule has 3 aromatic carbocycles. The van der Waals surface area contributed by atoms with Crippen LogP contribution in [0.2, 0.25) is 5.02 Å². The zero-order chi connectivity index (χ0) is 29.3. The second kappa shape index (κ2) is 14.0. The summed E-state index contributed by atoms with van der Waals surface area (Å²) in [6.07, 6.45) is 1.63. The van der Waals surface area contributed by atoms with E-state index in [0.717, 1.165) is 22.8 Å². The van der Waals surface area contributed by atoms with Crippen molar-refractivity contribution < 1.29 is 30.7 Å². The summed E-state index contributed by atoms with van der Waals surface area (Å²) >= 11 is 5.95. The molecule has 0 saturated carbocycles. The first kappa shape index (κ1) is 31.4. The number of rotatable bonds is 9. The van der Waals surface area contributed by atoms with Crippen LogP contribution in [-0.2, 0) is 25.0 Å². The quantitative estimate of drug-likeness (QED) is 0.246. The smallest absolute Gasteiger partial charge is 0.294 e. The fraction of sp³-hybridized carbons (Fsp3) is 0.179. The van der Waals surface area contributed by atoms with E-state index in [-0.39, 0.29) is 15.9 Å². The molecule has 12 heteroatoms. The molecule has 2 N–H and O–H groups in total. The Labute approximate surface area is 239 Å². The van der Waals surface area contributed by atoms with E-state index >= 15 is 0 Å². The van der Waals surface area contributed by atoms with Gasteiger partial charge >= 0.3 is 0 Å². The maximum absolute atomic E-state index is 10.9. The number of likely N-dealkylation sites (N-methyl/N-ethyl adjacent to an activating group) is 1. The lowest BCUT2D eigenvalue weighted by atomic mass is 10.1. The fourth-order valence-corrected chi connectivity index (χ4v) is 4.60. The molecule has 1 heterocycles. The zero-order valence-electron chi connectivity index (χ0n) is 21.8. The van der Waals surface area contributed by atoms with Gasteiger partial charge in [-0.05, 0) is 79.3 Å². The summed E-state index contributed by atoms with van der Waals surface area (Å²) in [6, 6.07) is 24.4. The topological polar surface area (TPSA) is 134 Å². The van der Waals surface area contributed by atoms with Crippen LogP contribution in [0.15, 0.2) is 107 Å². The van der Waals surface area contributed by atoms with Gasteiger partial charge in [-0.2, -0.15) is 16.8 Å². The standard InChI is InChI=1S/C16H19ClN2O.C12H10O6S2/c1-19(2)11-12-20-16(15-5-3-4-10-18-15)13-6-8-14(17)9-7-13;13-19(14,15)11-5-1-9(2-6-11)10-3-7-12(8-4-10)20(16,17)18/h3-10,16H,11-12H2,1-2H3;1-8H,(H,13,14,15)(H,16,17,18). The molecule has 0 fully saturated rings. The SMILES string of the molecule is CN(C)CCOC(c1ccc(Cl)cc1)c1ccccn1.O=S(=O)(O)c1ccc(-c2ccc(S(=O)(=O)O)cc2)cc1. The summed E-state index contributed by atoms with van der Waals surface area (Å²) in [7, 11) is -4.42. The molecule has 212 valence electrons. The van der Waals surface area contributed by atoms with Gasteiger partial charge in [0.25, 0.3) is 20.2 Å². The Balaban J connectivity index is 0.000000220. The highest BCUT2D eigenvalue weighted by Gasteiger charge is 2.16. The van der Waals surface area contributed by atoms with E-state index in [0.29, 0.717) is 17.7 Å². The zero-order valence-corrected chi connectivity index (χ0v) is 24.1. The van der Waals surface area contributed by atoms with Gasteiger partial charge in [0.05, 0.1) is 22.1 Å². The van der Waals surface area contributed by atoms with Crippen LogP contribution in [0.25, 0.3) is 11.1 Å². The van der Waals surface area contributed by atoms with Crippen LogP contribution in [0.1, 0.15) is 17.4 Å². The number of pyridine rings is 1. The Morgan fingerprint density at radius 2 is 1.27 bits per heavy atom. The molecular weight excluding hydrogens is 576 g/mol. The predicted octanol–water partition coefficient (Wildman–Crippen LogP) is 5.25. The van der Waals surface area contributed by atoms with Crippen molar-refractivity contribution in [2.24, 2.45) is 0 Å². The van der Waals surface area contributed by atoms with Gasteiger partial charge in [0.2, 0.25) is 0 Å². The van der Waals surface area contributed by atoms with E-state index in [9.17, 15) is 16.8 Å². The molecule has 0 radical (unpaired) electrons. The van der Waals surface area contributed by atoms with Crippen LogP contribution in [0.4, 0.5) is 0 Å². The van der Waals surface area contributed by atoms with Gasteiger partial charge < -0.3 is 9.64 Å². The molecule has 0 amide bonds. The summed E-state index contributed by atoms with van der Waals surface area (Å²) in [4.78, 5) is 6.05. The summed E-state index contributed by atoms with van der Waals surface area (Å²) < 4.78 is 67.3. The molecule has 1 unspecified atom stereocenters. The lowest BCUT2D eigenvalue weighted by molar-refractivity contribution is 0.0662. The van der Waals surface area contributed by atoms with Crippen molar-refractivity contribution >= 4 is 31.8 Å². The molecule has 4 rings (SSSR count). The number of ether oxygens (including phenoxy) is 1. The van der Waals surface area contributed by atoms with Crippen LogP contribution in [-0.4, -0.2) is 63.1 Å². The van der Waals surface area contributed by atoms with Gasteiger partial charge in [-0.25, -0.2) is 0 Å². The Bertz CT molecular complexity index is 1510. The summed E-state index contributed by atoms with van der Waals surface area (Å²) in [6.45, 7) is 1.52. The lowest BCUT2D eigenvalue weighted by Gasteiger charge is -2.19. The van der Waals surface area contributed by atoms with Crippen molar-refractivity contribution in [3.63, 3.8) is 0 Å². The number of benzene rings is 3. The second-order valence-corrected chi connectivity index (χ2v) is 12.1.